The van der Waals surface area contributed by atoms with Crippen LogP contribution in [-0.4, -0.2) is 22.5 Å². The van der Waals surface area contributed by atoms with Crippen LogP contribution in [0.25, 0.3) is 0 Å². The first-order valence-electron chi connectivity index (χ1n) is 6.77. The molecule has 2 fully saturated rings. The summed E-state index contributed by atoms with van der Waals surface area (Å²) in [5.41, 5.74) is 7.76. The first-order valence-corrected chi connectivity index (χ1v) is 6.77. The zero-order valence-electron chi connectivity index (χ0n) is 10.3. The molecule has 1 saturated heterocycles. The van der Waals surface area contributed by atoms with Gasteiger partial charge in [0.2, 0.25) is 0 Å². The van der Waals surface area contributed by atoms with Gasteiger partial charge in [-0.15, -0.1) is 0 Å². The van der Waals surface area contributed by atoms with Crippen molar-refractivity contribution >= 4 is 5.69 Å². The van der Waals surface area contributed by atoms with Crippen molar-refractivity contribution in [3.8, 4) is 0 Å². The minimum absolute atomic E-state index is 0.812. The SMILES string of the molecule is Nc1ccnc(CN2CCC3CCCCC32)c1. The molecule has 1 aromatic heterocycles. The van der Waals surface area contributed by atoms with Crippen LogP contribution >= 0.6 is 0 Å². The molecule has 2 aliphatic rings. The van der Waals surface area contributed by atoms with Crippen LogP contribution in [0.3, 0.4) is 0 Å². The van der Waals surface area contributed by atoms with E-state index in [9.17, 15) is 0 Å². The van der Waals surface area contributed by atoms with Gasteiger partial charge < -0.3 is 5.73 Å². The van der Waals surface area contributed by atoms with Gasteiger partial charge in [-0.05, 0) is 43.9 Å². The molecule has 0 spiro atoms. The van der Waals surface area contributed by atoms with Gasteiger partial charge in [0.15, 0.2) is 0 Å². The molecular weight excluding hydrogens is 210 g/mol. The van der Waals surface area contributed by atoms with E-state index in [4.69, 9.17) is 5.73 Å². The number of aromatic nitrogens is 1. The Hall–Kier alpha value is -1.09. The summed E-state index contributed by atoms with van der Waals surface area (Å²) in [5, 5.41) is 0. The molecule has 2 heterocycles. The van der Waals surface area contributed by atoms with Gasteiger partial charge >= 0.3 is 0 Å². The summed E-state index contributed by atoms with van der Waals surface area (Å²) in [6.07, 6.45) is 8.86. The van der Waals surface area contributed by atoms with Gasteiger partial charge in [0.05, 0.1) is 5.69 Å². The molecule has 3 nitrogen and oxygen atoms in total. The summed E-state index contributed by atoms with van der Waals surface area (Å²) in [5.74, 6) is 0.949. The van der Waals surface area contributed by atoms with E-state index in [2.05, 4.69) is 9.88 Å². The fourth-order valence-electron chi connectivity index (χ4n) is 3.49. The van der Waals surface area contributed by atoms with Crippen LogP contribution in [0.4, 0.5) is 5.69 Å². The summed E-state index contributed by atoms with van der Waals surface area (Å²) in [7, 11) is 0. The maximum Gasteiger partial charge on any atom is 0.0564 e. The maximum atomic E-state index is 5.81. The summed E-state index contributed by atoms with van der Waals surface area (Å²) in [6.45, 7) is 2.22. The first-order chi connectivity index (χ1) is 8.33. The Kier molecular flexibility index (Phi) is 3.02. The van der Waals surface area contributed by atoms with Crippen molar-refractivity contribution in [3.63, 3.8) is 0 Å². The first kappa shape index (κ1) is 11.0. The second-order valence-corrected chi connectivity index (χ2v) is 5.45. The number of nitrogens with two attached hydrogens (primary N) is 1. The number of likely N-dealkylation sites (tertiary alicyclic amines) is 1. The van der Waals surface area contributed by atoms with Crippen molar-refractivity contribution in [1.82, 2.24) is 9.88 Å². The van der Waals surface area contributed by atoms with Crippen LogP contribution in [0.2, 0.25) is 0 Å². The summed E-state index contributed by atoms with van der Waals surface area (Å²) in [4.78, 5) is 7.04. The lowest BCUT2D eigenvalue weighted by Crippen LogP contribution is -2.34. The minimum atomic E-state index is 0.812. The lowest BCUT2D eigenvalue weighted by Gasteiger charge is -2.31. The van der Waals surface area contributed by atoms with E-state index in [1.165, 1.54) is 38.6 Å². The highest BCUT2D eigenvalue weighted by atomic mass is 15.2. The second-order valence-electron chi connectivity index (χ2n) is 5.45. The van der Waals surface area contributed by atoms with Crippen molar-refractivity contribution in [1.29, 1.82) is 0 Å². The zero-order chi connectivity index (χ0) is 11.7. The van der Waals surface area contributed by atoms with E-state index in [0.29, 0.717) is 0 Å². The average molecular weight is 231 g/mol. The third-order valence-electron chi connectivity index (χ3n) is 4.33. The Morgan fingerprint density at radius 2 is 2.18 bits per heavy atom. The average Bonchev–Trinajstić information content (AvgIpc) is 2.73. The van der Waals surface area contributed by atoms with E-state index < -0.39 is 0 Å². The molecule has 3 heteroatoms. The van der Waals surface area contributed by atoms with E-state index in [-0.39, 0.29) is 0 Å². The number of pyridine rings is 1. The molecule has 0 bridgehead atoms. The molecule has 0 amide bonds. The van der Waals surface area contributed by atoms with E-state index in [1.807, 2.05) is 18.3 Å². The highest BCUT2D eigenvalue weighted by Gasteiger charge is 2.35. The monoisotopic (exact) mass is 231 g/mol. The second kappa shape index (κ2) is 4.65. The van der Waals surface area contributed by atoms with Crippen molar-refractivity contribution < 1.29 is 0 Å². The number of hydrogen-bond donors (Lipinski definition) is 1. The lowest BCUT2D eigenvalue weighted by molar-refractivity contribution is 0.174. The maximum absolute atomic E-state index is 5.81. The number of nitrogens with zero attached hydrogens (tertiary/aromatic N) is 2. The van der Waals surface area contributed by atoms with E-state index >= 15 is 0 Å². The van der Waals surface area contributed by atoms with Gasteiger partial charge in [-0.3, -0.25) is 9.88 Å². The number of rotatable bonds is 2. The molecule has 0 radical (unpaired) electrons. The molecule has 1 aliphatic carbocycles. The summed E-state index contributed by atoms with van der Waals surface area (Å²) >= 11 is 0. The topological polar surface area (TPSA) is 42.1 Å². The van der Waals surface area contributed by atoms with Crippen LogP contribution in [-0.2, 0) is 6.54 Å². The van der Waals surface area contributed by atoms with Gasteiger partial charge in [-0.2, -0.15) is 0 Å². The van der Waals surface area contributed by atoms with Crippen molar-refractivity contribution in [2.24, 2.45) is 5.92 Å². The van der Waals surface area contributed by atoms with Gasteiger partial charge in [-0.1, -0.05) is 12.8 Å². The van der Waals surface area contributed by atoms with Gasteiger partial charge in [0.25, 0.3) is 0 Å². The van der Waals surface area contributed by atoms with Gasteiger partial charge in [0.1, 0.15) is 0 Å². The van der Waals surface area contributed by atoms with Crippen LogP contribution in [0, 0.1) is 5.92 Å². The smallest absolute Gasteiger partial charge is 0.0564 e. The Balaban J connectivity index is 1.69. The Morgan fingerprint density at radius 1 is 1.29 bits per heavy atom. The van der Waals surface area contributed by atoms with Crippen LogP contribution in [0.1, 0.15) is 37.8 Å². The quantitative estimate of drug-likeness (QED) is 0.850. The van der Waals surface area contributed by atoms with E-state index in [1.54, 1.807) is 0 Å². The molecular formula is C14H21N3. The number of hydrogen-bond acceptors (Lipinski definition) is 3. The largest absolute Gasteiger partial charge is 0.399 e. The van der Waals surface area contributed by atoms with Crippen LogP contribution in [0.15, 0.2) is 18.3 Å². The summed E-state index contributed by atoms with van der Waals surface area (Å²) < 4.78 is 0. The lowest BCUT2D eigenvalue weighted by atomic mass is 9.85. The molecule has 2 unspecified atom stereocenters. The molecule has 1 aliphatic heterocycles. The summed E-state index contributed by atoms with van der Waals surface area (Å²) in [6, 6.07) is 4.68. The molecule has 1 aromatic rings. The predicted octanol–water partition coefficient (Wildman–Crippen LogP) is 2.43. The Labute approximate surface area is 103 Å². The fourth-order valence-corrected chi connectivity index (χ4v) is 3.49. The van der Waals surface area contributed by atoms with E-state index in [0.717, 1.165) is 29.9 Å². The van der Waals surface area contributed by atoms with Gasteiger partial charge in [-0.25, -0.2) is 0 Å². The highest BCUT2D eigenvalue weighted by Crippen LogP contribution is 2.36. The number of nitrogen functional groups attached to an aromatic ring is 1. The van der Waals surface area contributed by atoms with Gasteiger partial charge in [0, 0.05) is 24.5 Å². The molecule has 2 atom stereocenters. The molecule has 0 aromatic carbocycles. The standard InChI is InChI=1S/C14H21N3/c15-12-5-7-16-13(9-12)10-17-8-6-11-3-1-2-4-14(11)17/h5,7,9,11,14H,1-4,6,8,10H2,(H2,15,16). The number of anilines is 1. The fraction of sp³-hybridized carbons (Fsp3) is 0.643. The normalized spacial score (nSPS) is 29.2. The van der Waals surface area contributed by atoms with Crippen molar-refractivity contribution in [2.45, 2.75) is 44.7 Å². The molecule has 3 rings (SSSR count). The zero-order valence-corrected chi connectivity index (χ0v) is 10.3. The predicted molar refractivity (Wildman–Crippen MR) is 69.4 cm³/mol. The van der Waals surface area contributed by atoms with Crippen LogP contribution in [0.5, 0.6) is 0 Å². The van der Waals surface area contributed by atoms with Crippen LogP contribution < -0.4 is 5.73 Å². The Morgan fingerprint density at radius 3 is 3.06 bits per heavy atom. The number of fused-ring (bicyclic) bond motifs is 1. The molecule has 1 saturated carbocycles. The Bertz CT molecular complexity index is 391. The van der Waals surface area contributed by atoms with Crippen molar-refractivity contribution in [3.05, 3.63) is 24.0 Å². The highest BCUT2D eigenvalue weighted by molar-refractivity contribution is 5.37. The molecule has 17 heavy (non-hydrogen) atoms. The minimum Gasteiger partial charge on any atom is -0.399 e. The molecule has 92 valence electrons. The van der Waals surface area contributed by atoms with Crippen molar-refractivity contribution in [2.75, 3.05) is 12.3 Å². The third kappa shape index (κ3) is 2.29. The third-order valence-corrected chi connectivity index (χ3v) is 4.33. The molecule has 2 N–H and O–H groups in total.